The second-order valence-electron chi connectivity index (χ2n) is 10.1. The molecular formula is C25H26F6N2O2Si. The molecule has 36 heavy (non-hydrogen) atoms. The zero-order chi connectivity index (χ0) is 27.1. The highest BCUT2D eigenvalue weighted by Crippen LogP contribution is 2.35. The Hall–Kier alpha value is -3.08. The maximum Gasteiger partial charge on any atom is 0.416 e. The lowest BCUT2D eigenvalue weighted by Gasteiger charge is -2.33. The van der Waals surface area contributed by atoms with Gasteiger partial charge in [-0.05, 0) is 61.0 Å². The van der Waals surface area contributed by atoms with Gasteiger partial charge in [0, 0.05) is 0 Å². The van der Waals surface area contributed by atoms with E-state index in [0.717, 1.165) is 24.3 Å². The second kappa shape index (κ2) is 9.42. The number of ether oxygens (including phenoxy) is 1. The van der Waals surface area contributed by atoms with E-state index in [0.29, 0.717) is 10.8 Å². The number of amidine groups is 1. The molecule has 0 aromatic heterocycles. The molecule has 0 N–H and O–H groups in total. The summed E-state index contributed by atoms with van der Waals surface area (Å²) in [5.41, 5.74) is -1.80. The Morgan fingerprint density at radius 3 is 1.78 bits per heavy atom. The van der Waals surface area contributed by atoms with Gasteiger partial charge in [-0.3, -0.25) is 4.90 Å². The number of benzene rings is 2. The van der Waals surface area contributed by atoms with E-state index in [2.05, 4.69) is 4.99 Å². The predicted octanol–water partition coefficient (Wildman–Crippen LogP) is 7.95. The fourth-order valence-corrected chi connectivity index (χ4v) is 5.06. The Labute approximate surface area is 206 Å². The lowest BCUT2D eigenvalue weighted by molar-refractivity contribution is -0.138. The number of hydrogen-bond acceptors (Lipinski definition) is 3. The second-order valence-corrected chi connectivity index (χ2v) is 15.1. The molecule has 3 rings (SSSR count). The summed E-state index contributed by atoms with van der Waals surface area (Å²) in [5, 5.41) is 0.620. The first-order chi connectivity index (χ1) is 16.4. The summed E-state index contributed by atoms with van der Waals surface area (Å²) in [6.07, 6.45) is -7.99. The minimum Gasteiger partial charge on any atom is -0.447 e. The van der Waals surface area contributed by atoms with Crippen molar-refractivity contribution in [2.45, 2.75) is 51.4 Å². The van der Waals surface area contributed by atoms with Crippen LogP contribution in [0.25, 0.3) is 6.08 Å². The fourth-order valence-electron chi connectivity index (χ4n) is 3.62. The number of nitrogens with zero attached hydrogens (tertiary/aromatic N) is 2. The van der Waals surface area contributed by atoms with E-state index in [1.807, 2.05) is 19.6 Å². The van der Waals surface area contributed by atoms with Crippen LogP contribution in [-0.4, -0.2) is 37.0 Å². The molecule has 1 aliphatic heterocycles. The Balaban J connectivity index is 2.20. The molecule has 11 heteroatoms. The zero-order valence-corrected chi connectivity index (χ0v) is 21.4. The van der Waals surface area contributed by atoms with Crippen LogP contribution in [-0.2, 0) is 17.1 Å². The SMILES string of the molecule is CC1(C)COC(=O)N1C(=Nc1ccc(C(F)(F)F)cc1)/C(=C/c1ccc(C(F)(F)F)cc1)[Si](C)(C)C. The molecule has 0 bridgehead atoms. The van der Waals surface area contributed by atoms with E-state index < -0.39 is 43.2 Å². The molecule has 0 saturated carbocycles. The van der Waals surface area contributed by atoms with Crippen molar-refractivity contribution >= 4 is 31.8 Å². The third kappa shape index (κ3) is 6.18. The van der Waals surface area contributed by atoms with Crippen LogP contribution in [0.5, 0.6) is 0 Å². The number of aliphatic imine (C=N–C) groups is 1. The van der Waals surface area contributed by atoms with Crippen LogP contribution in [0.4, 0.5) is 36.8 Å². The largest absolute Gasteiger partial charge is 0.447 e. The van der Waals surface area contributed by atoms with Gasteiger partial charge in [-0.1, -0.05) is 37.8 Å². The van der Waals surface area contributed by atoms with E-state index >= 15 is 0 Å². The molecule has 1 saturated heterocycles. The van der Waals surface area contributed by atoms with Gasteiger partial charge in [-0.15, -0.1) is 0 Å². The predicted molar refractivity (Wildman–Crippen MR) is 129 cm³/mol. The summed E-state index contributed by atoms with van der Waals surface area (Å²) < 4.78 is 83.4. The first-order valence-corrected chi connectivity index (χ1v) is 14.5. The average Bonchev–Trinajstić information content (AvgIpc) is 3.01. The quantitative estimate of drug-likeness (QED) is 0.175. The summed E-state index contributed by atoms with van der Waals surface area (Å²) in [6, 6.07) is 8.80. The molecule has 2 aromatic rings. The van der Waals surface area contributed by atoms with Gasteiger partial charge >= 0.3 is 18.4 Å². The molecule has 0 radical (unpaired) electrons. The molecular weight excluding hydrogens is 502 g/mol. The van der Waals surface area contributed by atoms with E-state index in [4.69, 9.17) is 4.74 Å². The van der Waals surface area contributed by atoms with Crippen molar-refractivity contribution in [2.75, 3.05) is 6.61 Å². The Kier molecular flexibility index (Phi) is 7.19. The van der Waals surface area contributed by atoms with Gasteiger partial charge < -0.3 is 4.74 Å². The van der Waals surface area contributed by atoms with E-state index in [-0.39, 0.29) is 18.1 Å². The molecule has 0 aliphatic carbocycles. The van der Waals surface area contributed by atoms with Crippen molar-refractivity contribution in [3.05, 3.63) is 70.4 Å². The first kappa shape index (κ1) is 27.5. The fraction of sp³-hybridized carbons (Fsp3) is 0.360. The summed E-state index contributed by atoms with van der Waals surface area (Å²) in [5.74, 6) is 0.196. The van der Waals surface area contributed by atoms with Gasteiger partial charge in [0.25, 0.3) is 0 Å². The van der Waals surface area contributed by atoms with Crippen molar-refractivity contribution in [3.63, 3.8) is 0 Å². The van der Waals surface area contributed by atoms with Crippen LogP contribution >= 0.6 is 0 Å². The van der Waals surface area contributed by atoms with Gasteiger partial charge in [0.05, 0.1) is 30.4 Å². The van der Waals surface area contributed by atoms with Gasteiger partial charge in [-0.2, -0.15) is 26.3 Å². The van der Waals surface area contributed by atoms with E-state index in [9.17, 15) is 31.1 Å². The van der Waals surface area contributed by atoms with E-state index in [1.54, 1.807) is 19.9 Å². The maximum atomic E-state index is 13.0. The number of hydrogen-bond donors (Lipinski definition) is 0. The highest BCUT2D eigenvalue weighted by Gasteiger charge is 2.45. The third-order valence-corrected chi connectivity index (χ3v) is 7.56. The molecule has 1 heterocycles. The van der Waals surface area contributed by atoms with Crippen LogP contribution in [0.2, 0.25) is 19.6 Å². The number of alkyl halides is 6. The highest BCUT2D eigenvalue weighted by atomic mass is 28.3. The molecule has 194 valence electrons. The highest BCUT2D eigenvalue weighted by molar-refractivity contribution is 6.88. The summed E-state index contributed by atoms with van der Waals surface area (Å²) >= 11 is 0. The molecule has 0 unspecified atom stereocenters. The molecule has 1 aliphatic rings. The summed E-state index contributed by atoms with van der Waals surface area (Å²) in [7, 11) is -2.36. The monoisotopic (exact) mass is 528 g/mol. The lowest BCUT2D eigenvalue weighted by atomic mass is 10.1. The number of carbonyl (C=O) groups is 1. The summed E-state index contributed by atoms with van der Waals surface area (Å²) in [6.45, 7) is 9.51. The van der Waals surface area contributed by atoms with Gasteiger partial charge in [0.1, 0.15) is 12.4 Å². The van der Waals surface area contributed by atoms with Crippen molar-refractivity contribution in [2.24, 2.45) is 4.99 Å². The third-order valence-electron chi connectivity index (χ3n) is 5.58. The van der Waals surface area contributed by atoms with Crippen molar-refractivity contribution in [1.29, 1.82) is 0 Å². The van der Waals surface area contributed by atoms with Crippen molar-refractivity contribution < 1.29 is 35.9 Å². The van der Waals surface area contributed by atoms with Crippen molar-refractivity contribution in [3.8, 4) is 0 Å². The zero-order valence-electron chi connectivity index (χ0n) is 20.4. The number of amides is 1. The van der Waals surface area contributed by atoms with Crippen LogP contribution in [0.3, 0.4) is 0 Å². The number of rotatable bonds is 4. The molecule has 1 fully saturated rings. The van der Waals surface area contributed by atoms with Gasteiger partial charge in [-0.25, -0.2) is 9.79 Å². The lowest BCUT2D eigenvalue weighted by Crippen LogP contribution is -2.49. The molecule has 1 amide bonds. The first-order valence-electron chi connectivity index (χ1n) is 11.0. The minimum atomic E-state index is -4.52. The van der Waals surface area contributed by atoms with Crippen LogP contribution in [0.1, 0.15) is 30.5 Å². The molecule has 4 nitrogen and oxygen atoms in total. The maximum absolute atomic E-state index is 13.0. The van der Waals surface area contributed by atoms with Crippen LogP contribution in [0, 0.1) is 0 Å². The molecule has 2 aromatic carbocycles. The van der Waals surface area contributed by atoms with Crippen LogP contribution in [0.15, 0.2) is 58.7 Å². The van der Waals surface area contributed by atoms with Crippen molar-refractivity contribution in [1.82, 2.24) is 4.90 Å². The topological polar surface area (TPSA) is 41.9 Å². The number of carbonyl (C=O) groups excluding carboxylic acids is 1. The Morgan fingerprint density at radius 2 is 1.39 bits per heavy atom. The smallest absolute Gasteiger partial charge is 0.416 e. The standard InChI is InChI=1S/C25H26F6N2O2Si/c1-23(2)15-35-22(34)33(23)21(32-19-12-10-18(11-13-19)25(29,30)31)20(36(3,4)5)14-16-6-8-17(9-7-16)24(26,27)28/h6-14H,15H2,1-5H3/b20-14-,32-21?. The Bertz CT molecular complexity index is 1180. The summed E-state index contributed by atoms with van der Waals surface area (Å²) in [4.78, 5) is 18.7. The molecule has 0 spiro atoms. The Morgan fingerprint density at radius 1 is 0.917 bits per heavy atom. The van der Waals surface area contributed by atoms with Gasteiger partial charge in [0.2, 0.25) is 0 Å². The minimum absolute atomic E-state index is 0.0666. The number of cyclic esters (lactones) is 1. The van der Waals surface area contributed by atoms with Crippen LogP contribution < -0.4 is 0 Å². The number of halogens is 6. The normalized spacial score (nSPS) is 17.4. The van der Waals surface area contributed by atoms with Gasteiger partial charge in [0.15, 0.2) is 0 Å². The molecule has 0 atom stereocenters. The average molecular weight is 529 g/mol. The van der Waals surface area contributed by atoms with E-state index in [1.165, 1.54) is 29.2 Å².